The molecule has 3 fully saturated rings. The fourth-order valence-corrected chi connectivity index (χ4v) is 9.31. The molecular weight excluding hydrogens is 739 g/mol. The van der Waals surface area contributed by atoms with E-state index < -0.39 is 63.7 Å². The summed E-state index contributed by atoms with van der Waals surface area (Å²) in [4.78, 5) is 31.0. The van der Waals surface area contributed by atoms with Gasteiger partial charge in [-0.3, -0.25) is 9.69 Å². The van der Waals surface area contributed by atoms with Crippen molar-refractivity contribution in [3.63, 3.8) is 0 Å². The average molecular weight is 771 g/mol. The van der Waals surface area contributed by atoms with Crippen LogP contribution in [-0.2, 0) is 6.18 Å². The lowest BCUT2D eigenvalue weighted by Gasteiger charge is -2.32. The zero-order chi connectivity index (χ0) is 38.1. The Morgan fingerprint density at radius 1 is 1.24 bits per heavy atom. The number of ether oxygens (including phenoxy) is 1. The normalized spacial score (nSPS) is 21.6. The van der Waals surface area contributed by atoms with E-state index in [1.165, 1.54) is 11.1 Å². The summed E-state index contributed by atoms with van der Waals surface area (Å²) in [5, 5.41) is 9.20. The van der Waals surface area contributed by atoms with E-state index in [1.807, 2.05) is 11.0 Å². The maximum Gasteiger partial charge on any atom is 0.417 e. The molecule has 0 saturated carbocycles. The number of amides is 1. The number of benzene rings is 2. The van der Waals surface area contributed by atoms with E-state index >= 15 is 17.6 Å². The Balaban J connectivity index is 1.31. The number of carbonyl (C=O) groups is 1. The number of nitrogens with two attached hydrogens (primary N) is 1. The Morgan fingerprint density at radius 2 is 2.06 bits per heavy atom. The number of nitriles is 1. The number of alkyl halides is 4. The van der Waals surface area contributed by atoms with Gasteiger partial charge in [0.15, 0.2) is 12.2 Å². The molecule has 6 heterocycles. The van der Waals surface area contributed by atoms with Crippen LogP contribution in [0.1, 0.15) is 54.3 Å². The summed E-state index contributed by atoms with van der Waals surface area (Å²) in [6.45, 7) is 3.23. The number of oxazole rings is 1. The van der Waals surface area contributed by atoms with Crippen LogP contribution >= 0.6 is 11.3 Å². The number of carbonyl (C=O) groups excluding carboxylic acids is 1. The van der Waals surface area contributed by atoms with Crippen molar-refractivity contribution < 1.29 is 40.3 Å². The van der Waals surface area contributed by atoms with Gasteiger partial charge < -0.3 is 24.7 Å². The Bertz CT molecular complexity index is 2330. The summed E-state index contributed by atoms with van der Waals surface area (Å²) in [7, 11) is 0. The molecule has 2 N–H and O–H groups in total. The molecule has 3 saturated heterocycles. The molecule has 0 bridgehead atoms. The maximum atomic E-state index is 17.3. The van der Waals surface area contributed by atoms with E-state index in [9.17, 15) is 18.8 Å². The second-order valence-electron chi connectivity index (χ2n) is 13.8. The average Bonchev–Trinajstić information content (AvgIpc) is 3.97. The second-order valence-corrected chi connectivity index (χ2v) is 14.9. The minimum atomic E-state index is -5.15. The highest BCUT2D eigenvalue weighted by atomic mass is 32.1. The summed E-state index contributed by atoms with van der Waals surface area (Å²) < 4.78 is 103. The van der Waals surface area contributed by atoms with Gasteiger partial charge in [0.1, 0.15) is 41.0 Å². The highest BCUT2D eigenvalue weighted by molar-refractivity contribution is 7.23. The molecule has 0 radical (unpaired) electrons. The molecular formula is C36H32F6N8O3S. The number of aromatic nitrogens is 3. The van der Waals surface area contributed by atoms with Gasteiger partial charge in [-0.15, -0.1) is 11.3 Å². The van der Waals surface area contributed by atoms with E-state index in [2.05, 4.69) is 15.0 Å². The molecule has 11 nitrogen and oxygen atoms in total. The number of anilines is 2. The highest BCUT2D eigenvalue weighted by Gasteiger charge is 2.49. The van der Waals surface area contributed by atoms with Gasteiger partial charge in [0.25, 0.3) is 5.91 Å². The smallest absolute Gasteiger partial charge is 0.417 e. The van der Waals surface area contributed by atoms with Crippen LogP contribution in [0.15, 0.2) is 35.2 Å². The molecule has 0 aliphatic carbocycles. The van der Waals surface area contributed by atoms with Crippen molar-refractivity contribution in [3.05, 3.63) is 59.3 Å². The molecule has 8 rings (SSSR count). The van der Waals surface area contributed by atoms with Crippen LogP contribution < -0.4 is 15.4 Å². The van der Waals surface area contributed by atoms with Crippen LogP contribution in [0.2, 0.25) is 0 Å². The molecule has 3 aliphatic heterocycles. The number of likely N-dealkylation sites (N-methyl/N-ethyl adjacent to an activating group) is 1. The van der Waals surface area contributed by atoms with Gasteiger partial charge >= 0.3 is 12.2 Å². The summed E-state index contributed by atoms with van der Waals surface area (Å²) in [5.41, 5.74) is 1.78. The molecule has 3 atom stereocenters. The molecule has 2 aromatic carbocycles. The number of hydrogen-bond donors (Lipinski definition) is 1. The quantitative estimate of drug-likeness (QED) is 0.165. The minimum Gasteiger partial charge on any atom is -0.461 e. The van der Waals surface area contributed by atoms with Crippen molar-refractivity contribution in [3.8, 4) is 23.2 Å². The van der Waals surface area contributed by atoms with Gasteiger partial charge in [-0.05, 0) is 50.4 Å². The standard InChI is InChI=1S/C36H32F6N8O3S/c1-2-50(19-6-9-48(15-19)33(51)25-13-45-17-53-25)32-21-10-23(36(40,41)42)27(20-4-5-24(38)30-26(20)22(12-43)31(44)54-30)28(39)29(21)46-34(47-32)52-16-35-7-3-8-49(35)14-18(37)11-35/h4-5,10,13,17-19H,2-3,6-9,11,14-16,44H2,1H3. The van der Waals surface area contributed by atoms with Crippen LogP contribution in [0.3, 0.4) is 0 Å². The van der Waals surface area contributed by atoms with Gasteiger partial charge in [0.2, 0.25) is 5.76 Å². The molecule has 18 heteroatoms. The predicted molar refractivity (Wildman–Crippen MR) is 187 cm³/mol. The Hall–Kier alpha value is -5.15. The number of fused-ring (bicyclic) bond motifs is 3. The van der Waals surface area contributed by atoms with Crippen LogP contribution in [0.4, 0.5) is 37.2 Å². The van der Waals surface area contributed by atoms with Crippen molar-refractivity contribution >= 4 is 49.1 Å². The number of rotatable bonds is 8. The van der Waals surface area contributed by atoms with Crippen LogP contribution in [-0.4, -0.2) is 87.7 Å². The first kappa shape index (κ1) is 35.9. The van der Waals surface area contributed by atoms with Crippen molar-refractivity contribution in [2.75, 3.05) is 50.0 Å². The summed E-state index contributed by atoms with van der Waals surface area (Å²) in [6.07, 6.45) is -1.74. The molecule has 3 unspecified atom stereocenters. The van der Waals surface area contributed by atoms with Gasteiger partial charge in [-0.25, -0.2) is 18.2 Å². The third kappa shape index (κ3) is 5.84. The van der Waals surface area contributed by atoms with E-state index in [4.69, 9.17) is 14.9 Å². The topological polar surface area (TPSA) is 138 Å². The molecule has 5 aromatic rings. The van der Waals surface area contributed by atoms with E-state index in [1.54, 1.807) is 11.8 Å². The van der Waals surface area contributed by atoms with Crippen molar-refractivity contribution in [1.29, 1.82) is 5.26 Å². The first-order valence-corrected chi connectivity index (χ1v) is 18.1. The number of hydrogen-bond acceptors (Lipinski definition) is 11. The van der Waals surface area contributed by atoms with E-state index in [-0.39, 0.29) is 82.8 Å². The first-order chi connectivity index (χ1) is 25.8. The molecule has 1 amide bonds. The van der Waals surface area contributed by atoms with Crippen molar-refractivity contribution in [2.24, 2.45) is 0 Å². The Labute approximate surface area is 307 Å². The number of thiophene rings is 1. The molecule has 282 valence electrons. The van der Waals surface area contributed by atoms with Crippen LogP contribution in [0.25, 0.3) is 32.1 Å². The van der Waals surface area contributed by atoms with Gasteiger partial charge in [-0.1, -0.05) is 6.07 Å². The second kappa shape index (κ2) is 13.3. The van der Waals surface area contributed by atoms with Gasteiger partial charge in [0, 0.05) is 55.0 Å². The van der Waals surface area contributed by atoms with Gasteiger partial charge in [-0.2, -0.15) is 28.4 Å². The number of nitrogens with zero attached hydrogens (tertiary/aromatic N) is 7. The first-order valence-electron chi connectivity index (χ1n) is 17.3. The lowest BCUT2D eigenvalue weighted by Crippen LogP contribution is -2.43. The maximum absolute atomic E-state index is 17.3. The number of nitrogen functional groups attached to an aromatic ring is 1. The van der Waals surface area contributed by atoms with Crippen LogP contribution in [0.5, 0.6) is 6.01 Å². The fraction of sp³-hybridized carbons (Fsp3) is 0.417. The third-order valence-corrected chi connectivity index (χ3v) is 11.8. The molecule has 54 heavy (non-hydrogen) atoms. The Kier molecular flexibility index (Phi) is 8.83. The van der Waals surface area contributed by atoms with Crippen molar-refractivity contribution in [2.45, 2.75) is 56.5 Å². The predicted octanol–water partition coefficient (Wildman–Crippen LogP) is 6.95. The summed E-state index contributed by atoms with van der Waals surface area (Å²) in [5.74, 6) is -2.70. The fourth-order valence-electron chi connectivity index (χ4n) is 8.36. The summed E-state index contributed by atoms with van der Waals surface area (Å²) >= 11 is 0.671. The molecule has 0 spiro atoms. The zero-order valence-electron chi connectivity index (χ0n) is 28.7. The van der Waals surface area contributed by atoms with Crippen LogP contribution in [0, 0.1) is 23.0 Å². The number of likely N-dealkylation sites (tertiary alicyclic amines) is 1. The third-order valence-electron chi connectivity index (χ3n) is 10.8. The molecule has 3 aromatic heterocycles. The lowest BCUT2D eigenvalue weighted by molar-refractivity contribution is -0.137. The minimum absolute atomic E-state index is 0.0240. The largest absolute Gasteiger partial charge is 0.461 e. The highest BCUT2D eigenvalue weighted by Crippen LogP contribution is 2.48. The lowest BCUT2D eigenvalue weighted by atomic mass is 9.92. The monoisotopic (exact) mass is 770 g/mol. The van der Waals surface area contributed by atoms with E-state index in [0.29, 0.717) is 30.7 Å². The van der Waals surface area contributed by atoms with Gasteiger partial charge in [0.05, 0.1) is 27.6 Å². The van der Waals surface area contributed by atoms with Crippen molar-refractivity contribution in [1.82, 2.24) is 24.8 Å². The molecule has 3 aliphatic rings. The van der Waals surface area contributed by atoms with E-state index in [0.717, 1.165) is 31.0 Å². The summed E-state index contributed by atoms with van der Waals surface area (Å²) in [6, 6.07) is 3.65. The SMILES string of the molecule is CCN(c1nc(OCC23CCCN2CC(F)C3)nc2c(F)c(-c3ccc(F)c4sc(N)c(C#N)c34)c(C(F)(F)F)cc12)C1CCN(C(=O)c2cnco2)C1. The zero-order valence-corrected chi connectivity index (χ0v) is 29.5. The Morgan fingerprint density at radius 3 is 2.78 bits per heavy atom. The number of halogens is 6.